The summed E-state index contributed by atoms with van der Waals surface area (Å²) >= 11 is 0. The number of nitrogens with two attached hydrogens (primary N) is 1. The zero-order chi connectivity index (χ0) is 22.2. The zero-order valence-electron chi connectivity index (χ0n) is 17.0. The maximum absolute atomic E-state index is 14.6. The molecule has 3 aromatic rings. The van der Waals surface area contributed by atoms with Crippen molar-refractivity contribution < 1.29 is 17.6 Å². The lowest BCUT2D eigenvalue weighted by atomic mass is 10.0. The summed E-state index contributed by atoms with van der Waals surface area (Å²) in [4.78, 5) is 10.7. The number of fused-ring (bicyclic) bond motifs is 2. The lowest BCUT2D eigenvalue weighted by Crippen LogP contribution is -2.35. The maximum Gasteiger partial charge on any atom is 0.276 e. The first-order valence-corrected chi connectivity index (χ1v) is 10.00. The Bertz CT molecular complexity index is 1100. The molecule has 0 amide bonds. The van der Waals surface area contributed by atoms with Crippen molar-refractivity contribution in [2.45, 2.75) is 31.7 Å². The van der Waals surface area contributed by atoms with Crippen molar-refractivity contribution in [1.82, 2.24) is 9.97 Å². The van der Waals surface area contributed by atoms with Gasteiger partial charge < -0.3 is 16.0 Å². The minimum absolute atomic E-state index is 0.00477. The summed E-state index contributed by atoms with van der Waals surface area (Å²) in [7, 11) is 0. The number of rotatable bonds is 5. The van der Waals surface area contributed by atoms with Gasteiger partial charge in [-0.25, -0.2) is 22.5 Å². The molecule has 0 unspecified atom stereocenters. The van der Waals surface area contributed by atoms with Gasteiger partial charge in [0.15, 0.2) is 0 Å². The monoisotopic (exact) mass is 433 g/mol. The highest BCUT2D eigenvalue weighted by Gasteiger charge is 2.37. The summed E-state index contributed by atoms with van der Waals surface area (Å²) in [6, 6.07) is 11.8. The molecule has 1 aliphatic rings. The molecule has 1 aliphatic heterocycles. The van der Waals surface area contributed by atoms with E-state index >= 15 is 0 Å². The minimum Gasteiger partial charge on any atom is -0.363 e. The SMILES string of the molecule is Cc1ccc2nc(N3CCC(F)(F)c4ccccc4C3)nc(NCC(F)(F)CN)c2c1. The summed E-state index contributed by atoms with van der Waals surface area (Å²) in [6.07, 6.45) is -0.396. The zero-order valence-corrected chi connectivity index (χ0v) is 17.0. The third-order valence-electron chi connectivity index (χ3n) is 5.40. The normalized spacial score (nSPS) is 16.1. The van der Waals surface area contributed by atoms with Crippen LogP contribution in [0.1, 0.15) is 23.1 Å². The highest BCUT2D eigenvalue weighted by molar-refractivity contribution is 5.90. The van der Waals surface area contributed by atoms with Crippen LogP contribution in [0.3, 0.4) is 0 Å². The second-order valence-corrected chi connectivity index (χ2v) is 7.84. The van der Waals surface area contributed by atoms with Crippen LogP contribution in [-0.4, -0.2) is 35.5 Å². The fraction of sp³-hybridized carbons (Fsp3) is 0.364. The van der Waals surface area contributed by atoms with E-state index in [9.17, 15) is 17.6 Å². The number of hydrogen-bond acceptors (Lipinski definition) is 5. The van der Waals surface area contributed by atoms with Crippen LogP contribution in [0, 0.1) is 6.92 Å². The summed E-state index contributed by atoms with van der Waals surface area (Å²) in [5, 5.41) is 3.26. The van der Waals surface area contributed by atoms with Gasteiger partial charge in [-0.3, -0.25) is 0 Å². The molecule has 0 fully saturated rings. The van der Waals surface area contributed by atoms with E-state index < -0.39 is 31.4 Å². The Morgan fingerprint density at radius 2 is 1.94 bits per heavy atom. The van der Waals surface area contributed by atoms with Gasteiger partial charge in [-0.15, -0.1) is 0 Å². The van der Waals surface area contributed by atoms with Crippen molar-refractivity contribution in [3.63, 3.8) is 0 Å². The molecule has 0 saturated carbocycles. The van der Waals surface area contributed by atoms with Crippen molar-refractivity contribution >= 4 is 22.7 Å². The molecule has 1 aromatic heterocycles. The first-order valence-electron chi connectivity index (χ1n) is 10.00. The topological polar surface area (TPSA) is 67.1 Å². The Morgan fingerprint density at radius 1 is 1.16 bits per heavy atom. The van der Waals surface area contributed by atoms with Crippen molar-refractivity contribution in [2.75, 3.05) is 29.9 Å². The number of nitrogens with zero attached hydrogens (tertiary/aromatic N) is 3. The molecule has 0 saturated heterocycles. The van der Waals surface area contributed by atoms with Crippen LogP contribution in [-0.2, 0) is 12.5 Å². The summed E-state index contributed by atoms with van der Waals surface area (Å²) in [6.45, 7) is 0.606. The molecule has 2 aromatic carbocycles. The fourth-order valence-corrected chi connectivity index (χ4v) is 3.67. The second-order valence-electron chi connectivity index (χ2n) is 7.84. The maximum atomic E-state index is 14.6. The van der Waals surface area contributed by atoms with Crippen LogP contribution in [0.15, 0.2) is 42.5 Å². The van der Waals surface area contributed by atoms with Gasteiger partial charge in [-0.05, 0) is 24.6 Å². The summed E-state index contributed by atoms with van der Waals surface area (Å²) in [5.74, 6) is -5.64. The smallest absolute Gasteiger partial charge is 0.276 e. The molecule has 0 atom stereocenters. The Labute approximate surface area is 177 Å². The number of alkyl halides is 4. The number of halogens is 4. The van der Waals surface area contributed by atoms with Crippen molar-refractivity contribution in [3.8, 4) is 0 Å². The molecular weight excluding hydrogens is 410 g/mol. The Hall–Kier alpha value is -2.94. The Balaban J connectivity index is 1.75. The van der Waals surface area contributed by atoms with Crippen molar-refractivity contribution in [3.05, 3.63) is 59.2 Å². The van der Waals surface area contributed by atoms with Crippen LogP contribution >= 0.6 is 0 Å². The molecule has 0 spiro atoms. The summed E-state index contributed by atoms with van der Waals surface area (Å²) in [5.41, 5.74) is 7.08. The lowest BCUT2D eigenvalue weighted by molar-refractivity contribution is -0.00970. The molecule has 0 aliphatic carbocycles. The van der Waals surface area contributed by atoms with E-state index in [1.807, 2.05) is 13.0 Å². The van der Waals surface area contributed by atoms with Gasteiger partial charge in [0, 0.05) is 30.5 Å². The van der Waals surface area contributed by atoms with Gasteiger partial charge in [-0.1, -0.05) is 35.9 Å². The quantitative estimate of drug-likeness (QED) is 0.582. The predicted molar refractivity (Wildman–Crippen MR) is 113 cm³/mol. The van der Waals surface area contributed by atoms with Crippen LogP contribution in [0.2, 0.25) is 0 Å². The van der Waals surface area contributed by atoms with Gasteiger partial charge in [-0.2, -0.15) is 4.98 Å². The number of benzene rings is 2. The van der Waals surface area contributed by atoms with Gasteiger partial charge in [0.1, 0.15) is 5.82 Å². The van der Waals surface area contributed by atoms with Gasteiger partial charge in [0.05, 0.1) is 18.6 Å². The van der Waals surface area contributed by atoms with E-state index in [-0.39, 0.29) is 30.4 Å². The first kappa shape index (κ1) is 21.3. The number of aryl methyl sites for hydroxylation is 1. The highest BCUT2D eigenvalue weighted by atomic mass is 19.3. The average Bonchev–Trinajstić information content (AvgIpc) is 2.88. The molecule has 5 nitrogen and oxygen atoms in total. The van der Waals surface area contributed by atoms with E-state index in [0.717, 1.165) is 5.56 Å². The van der Waals surface area contributed by atoms with Gasteiger partial charge in [0.2, 0.25) is 5.95 Å². The van der Waals surface area contributed by atoms with Crippen LogP contribution in [0.5, 0.6) is 0 Å². The fourth-order valence-electron chi connectivity index (χ4n) is 3.67. The predicted octanol–water partition coefficient (Wildman–Crippen LogP) is 4.45. The van der Waals surface area contributed by atoms with E-state index in [1.54, 1.807) is 35.2 Å². The third-order valence-corrected chi connectivity index (χ3v) is 5.40. The summed E-state index contributed by atoms with van der Waals surface area (Å²) < 4.78 is 56.8. The molecule has 31 heavy (non-hydrogen) atoms. The molecule has 3 N–H and O–H groups in total. The van der Waals surface area contributed by atoms with Gasteiger partial charge in [0.25, 0.3) is 11.8 Å². The van der Waals surface area contributed by atoms with E-state index in [4.69, 9.17) is 5.73 Å². The van der Waals surface area contributed by atoms with Crippen molar-refractivity contribution in [1.29, 1.82) is 0 Å². The lowest BCUT2D eigenvalue weighted by Gasteiger charge is -2.23. The van der Waals surface area contributed by atoms with E-state index in [2.05, 4.69) is 15.3 Å². The number of aromatic nitrogens is 2. The molecule has 164 valence electrons. The van der Waals surface area contributed by atoms with Gasteiger partial charge >= 0.3 is 0 Å². The van der Waals surface area contributed by atoms with Crippen LogP contribution < -0.4 is 16.0 Å². The van der Waals surface area contributed by atoms with Crippen LogP contribution in [0.4, 0.5) is 29.3 Å². The molecule has 0 bridgehead atoms. The first-order chi connectivity index (χ1) is 14.7. The van der Waals surface area contributed by atoms with Crippen LogP contribution in [0.25, 0.3) is 10.9 Å². The van der Waals surface area contributed by atoms with E-state index in [0.29, 0.717) is 16.5 Å². The highest BCUT2D eigenvalue weighted by Crippen LogP contribution is 2.38. The molecule has 4 rings (SSSR count). The standard InChI is InChI=1S/C22H23F4N5/c1-14-6-7-18-16(10-14)19(28-13-21(23,24)12-27)30-20(29-18)31-9-8-22(25,26)17-5-3-2-4-15(17)11-31/h2-7,10H,8-9,11-13,27H2,1H3,(H,28,29,30). The Kier molecular flexibility index (Phi) is 5.47. The Morgan fingerprint density at radius 3 is 2.71 bits per heavy atom. The van der Waals surface area contributed by atoms with Crippen molar-refractivity contribution in [2.24, 2.45) is 5.73 Å². The second kappa shape index (κ2) is 7.96. The minimum atomic E-state index is -3.11. The number of hydrogen-bond donors (Lipinski definition) is 2. The number of anilines is 2. The molecule has 2 heterocycles. The average molecular weight is 433 g/mol. The molecule has 0 radical (unpaired) electrons. The third kappa shape index (κ3) is 4.41. The molecule has 9 heteroatoms. The molecular formula is C22H23F4N5. The largest absolute Gasteiger partial charge is 0.363 e. The number of nitrogens with one attached hydrogen (secondary N) is 1. The van der Waals surface area contributed by atoms with E-state index in [1.165, 1.54) is 6.07 Å².